The number of hydrogen-bond donors (Lipinski definition) is 2. The first-order valence-corrected chi connectivity index (χ1v) is 5.35. The number of carboxylic acid groups (broad SMARTS) is 1. The summed E-state index contributed by atoms with van der Waals surface area (Å²) in [6.45, 7) is 4.19. The molecule has 0 amide bonds. The van der Waals surface area contributed by atoms with E-state index >= 15 is 0 Å². The summed E-state index contributed by atoms with van der Waals surface area (Å²) in [6.07, 6.45) is 4.63. The summed E-state index contributed by atoms with van der Waals surface area (Å²) in [5, 5.41) is 12.0. The molecule has 2 N–H and O–H groups in total. The van der Waals surface area contributed by atoms with Crippen molar-refractivity contribution in [2.75, 3.05) is 0 Å². The standard InChI is InChI=1S/C9H15NO2S/c1-3-5-9(4-2)10-6-7(13-9)8(11)12/h6,10H,3-5H2,1-2H3,(H,11,12). The van der Waals surface area contributed by atoms with Crippen LogP contribution in [0.3, 0.4) is 0 Å². The van der Waals surface area contributed by atoms with Gasteiger partial charge in [-0.3, -0.25) is 0 Å². The van der Waals surface area contributed by atoms with Crippen molar-refractivity contribution in [1.82, 2.24) is 5.32 Å². The molecule has 0 spiro atoms. The van der Waals surface area contributed by atoms with Crippen LogP contribution in [0.15, 0.2) is 11.1 Å². The fourth-order valence-corrected chi connectivity index (χ4v) is 2.64. The van der Waals surface area contributed by atoms with Crippen molar-refractivity contribution in [3.05, 3.63) is 11.1 Å². The van der Waals surface area contributed by atoms with Crippen LogP contribution in [-0.2, 0) is 4.79 Å². The quantitative estimate of drug-likeness (QED) is 0.731. The third-order valence-electron chi connectivity index (χ3n) is 2.21. The Morgan fingerprint density at radius 3 is 2.77 bits per heavy atom. The number of thioether (sulfide) groups is 1. The topological polar surface area (TPSA) is 49.3 Å². The van der Waals surface area contributed by atoms with Crippen molar-refractivity contribution in [2.45, 2.75) is 38.0 Å². The average Bonchev–Trinajstić information content (AvgIpc) is 2.51. The minimum Gasteiger partial charge on any atom is -0.477 e. The van der Waals surface area contributed by atoms with Crippen LogP contribution < -0.4 is 5.32 Å². The summed E-state index contributed by atoms with van der Waals surface area (Å²) in [5.74, 6) is -0.830. The van der Waals surface area contributed by atoms with Crippen molar-refractivity contribution >= 4 is 17.7 Å². The first-order valence-electron chi connectivity index (χ1n) is 4.53. The Kier molecular flexibility index (Phi) is 3.25. The molecule has 1 rings (SSSR count). The van der Waals surface area contributed by atoms with Crippen LogP contribution in [0.4, 0.5) is 0 Å². The Bertz CT molecular complexity index is 240. The Hall–Kier alpha value is -0.640. The number of aliphatic carboxylic acids is 1. The zero-order valence-electron chi connectivity index (χ0n) is 7.96. The van der Waals surface area contributed by atoms with E-state index in [2.05, 4.69) is 19.2 Å². The van der Waals surface area contributed by atoms with Gasteiger partial charge in [-0.05, 0) is 12.8 Å². The summed E-state index contributed by atoms with van der Waals surface area (Å²) in [6, 6.07) is 0. The van der Waals surface area contributed by atoms with Gasteiger partial charge in [0.2, 0.25) is 0 Å². The largest absolute Gasteiger partial charge is 0.477 e. The lowest BCUT2D eigenvalue weighted by Crippen LogP contribution is -2.34. The second kappa shape index (κ2) is 4.05. The van der Waals surface area contributed by atoms with Crippen LogP contribution in [0.2, 0.25) is 0 Å². The molecule has 1 atom stereocenters. The minimum absolute atomic E-state index is 0.0670. The molecule has 0 radical (unpaired) electrons. The first-order chi connectivity index (χ1) is 6.13. The van der Waals surface area contributed by atoms with Gasteiger partial charge in [-0.15, -0.1) is 0 Å². The van der Waals surface area contributed by atoms with Crippen molar-refractivity contribution in [3.8, 4) is 0 Å². The van der Waals surface area contributed by atoms with E-state index in [-0.39, 0.29) is 4.87 Å². The average molecular weight is 201 g/mol. The van der Waals surface area contributed by atoms with Gasteiger partial charge in [0.25, 0.3) is 0 Å². The highest BCUT2D eigenvalue weighted by Gasteiger charge is 2.34. The van der Waals surface area contributed by atoms with Gasteiger partial charge in [-0.25, -0.2) is 4.79 Å². The monoisotopic (exact) mass is 201 g/mol. The maximum absolute atomic E-state index is 10.7. The van der Waals surface area contributed by atoms with Gasteiger partial charge in [-0.2, -0.15) is 0 Å². The zero-order valence-corrected chi connectivity index (χ0v) is 8.78. The summed E-state index contributed by atoms with van der Waals surface area (Å²) in [5.41, 5.74) is 0. The van der Waals surface area contributed by atoms with Crippen molar-refractivity contribution in [1.29, 1.82) is 0 Å². The number of carboxylic acids is 1. The van der Waals surface area contributed by atoms with Gasteiger partial charge in [0.05, 0.1) is 4.87 Å². The highest BCUT2D eigenvalue weighted by atomic mass is 32.2. The molecule has 0 saturated heterocycles. The molecule has 0 aromatic rings. The van der Waals surface area contributed by atoms with E-state index in [0.717, 1.165) is 19.3 Å². The fraction of sp³-hybridized carbons (Fsp3) is 0.667. The predicted molar refractivity (Wildman–Crippen MR) is 54.4 cm³/mol. The van der Waals surface area contributed by atoms with E-state index in [4.69, 9.17) is 5.11 Å². The predicted octanol–water partition coefficient (Wildman–Crippen LogP) is 2.16. The second-order valence-corrected chi connectivity index (χ2v) is 4.58. The van der Waals surface area contributed by atoms with Crippen LogP contribution in [0.5, 0.6) is 0 Å². The maximum atomic E-state index is 10.7. The van der Waals surface area contributed by atoms with E-state index in [1.165, 1.54) is 11.8 Å². The van der Waals surface area contributed by atoms with Crippen LogP contribution in [-0.4, -0.2) is 15.9 Å². The summed E-state index contributed by atoms with van der Waals surface area (Å²) < 4.78 is 0. The van der Waals surface area contributed by atoms with E-state index in [0.29, 0.717) is 4.91 Å². The lowest BCUT2D eigenvalue weighted by Gasteiger charge is -2.27. The summed E-state index contributed by atoms with van der Waals surface area (Å²) in [7, 11) is 0. The highest BCUT2D eigenvalue weighted by molar-refractivity contribution is 8.05. The van der Waals surface area contributed by atoms with E-state index in [1.54, 1.807) is 6.20 Å². The Labute approximate surface area is 82.6 Å². The van der Waals surface area contributed by atoms with Gasteiger partial charge in [0.1, 0.15) is 4.91 Å². The van der Waals surface area contributed by atoms with Crippen LogP contribution >= 0.6 is 11.8 Å². The molecule has 3 nitrogen and oxygen atoms in total. The minimum atomic E-state index is -0.830. The molecule has 13 heavy (non-hydrogen) atoms. The second-order valence-electron chi connectivity index (χ2n) is 3.16. The Morgan fingerprint density at radius 1 is 1.69 bits per heavy atom. The molecule has 0 bridgehead atoms. The van der Waals surface area contributed by atoms with Crippen molar-refractivity contribution in [3.63, 3.8) is 0 Å². The van der Waals surface area contributed by atoms with E-state index in [9.17, 15) is 4.79 Å². The molecule has 74 valence electrons. The zero-order chi connectivity index (χ0) is 9.90. The molecular formula is C9H15NO2S. The molecule has 4 heteroatoms. The van der Waals surface area contributed by atoms with Crippen LogP contribution in [0.1, 0.15) is 33.1 Å². The smallest absolute Gasteiger partial charge is 0.343 e. The number of carbonyl (C=O) groups is 1. The fourth-order valence-electron chi connectivity index (χ4n) is 1.45. The van der Waals surface area contributed by atoms with Crippen LogP contribution in [0, 0.1) is 0 Å². The molecule has 0 aromatic heterocycles. The lowest BCUT2D eigenvalue weighted by atomic mass is 10.1. The first kappa shape index (κ1) is 10.4. The molecule has 1 unspecified atom stereocenters. The normalized spacial score (nSPS) is 26.8. The molecule has 0 aromatic carbocycles. The van der Waals surface area contributed by atoms with E-state index in [1.807, 2.05) is 0 Å². The lowest BCUT2D eigenvalue weighted by molar-refractivity contribution is -0.131. The SMILES string of the molecule is CCCC1(CC)NC=C(C(=O)O)S1. The molecule has 0 aliphatic carbocycles. The highest BCUT2D eigenvalue weighted by Crippen LogP contribution is 2.40. The van der Waals surface area contributed by atoms with Crippen LogP contribution in [0.25, 0.3) is 0 Å². The molecular weight excluding hydrogens is 186 g/mol. The van der Waals surface area contributed by atoms with Gasteiger partial charge in [0, 0.05) is 6.20 Å². The van der Waals surface area contributed by atoms with E-state index < -0.39 is 5.97 Å². The molecule has 1 aliphatic heterocycles. The Morgan fingerprint density at radius 2 is 2.38 bits per heavy atom. The molecule has 1 aliphatic rings. The molecule has 1 heterocycles. The van der Waals surface area contributed by atoms with Gasteiger partial charge >= 0.3 is 5.97 Å². The van der Waals surface area contributed by atoms with Crippen molar-refractivity contribution in [2.24, 2.45) is 0 Å². The number of rotatable bonds is 4. The summed E-state index contributed by atoms with van der Waals surface area (Å²) in [4.78, 5) is 11.0. The van der Waals surface area contributed by atoms with Crippen molar-refractivity contribution < 1.29 is 9.90 Å². The van der Waals surface area contributed by atoms with Gasteiger partial charge in [0.15, 0.2) is 0 Å². The maximum Gasteiger partial charge on any atom is 0.343 e. The number of nitrogens with one attached hydrogen (secondary N) is 1. The third kappa shape index (κ3) is 2.18. The summed E-state index contributed by atoms with van der Waals surface area (Å²) >= 11 is 1.44. The number of hydrogen-bond acceptors (Lipinski definition) is 3. The Balaban J connectivity index is 2.63. The third-order valence-corrected chi connectivity index (χ3v) is 3.72. The molecule has 0 fully saturated rings. The molecule has 0 saturated carbocycles. The van der Waals surface area contributed by atoms with Gasteiger partial charge in [-0.1, -0.05) is 32.0 Å². The van der Waals surface area contributed by atoms with Gasteiger partial charge < -0.3 is 10.4 Å².